The van der Waals surface area contributed by atoms with Crippen molar-refractivity contribution in [3.63, 3.8) is 0 Å². The topological polar surface area (TPSA) is 58.2 Å². The first-order valence-corrected chi connectivity index (χ1v) is 8.36. The third-order valence-corrected chi connectivity index (χ3v) is 5.17. The Kier molecular flexibility index (Phi) is 4.39. The number of benzene rings is 1. The molecule has 7 heteroatoms. The van der Waals surface area contributed by atoms with E-state index < -0.39 is 21.4 Å². The maximum atomic E-state index is 14.3. The molecule has 20 heavy (non-hydrogen) atoms. The van der Waals surface area contributed by atoms with Crippen LogP contribution in [0.1, 0.15) is 32.3 Å². The first-order valence-electron chi connectivity index (χ1n) is 6.50. The zero-order chi connectivity index (χ0) is 15.0. The fourth-order valence-electron chi connectivity index (χ4n) is 1.87. The van der Waals surface area contributed by atoms with E-state index >= 15 is 0 Å². The Bertz CT molecular complexity index is 615. The molecule has 112 valence electrons. The summed E-state index contributed by atoms with van der Waals surface area (Å²) in [5.41, 5.74) is -0.198. The molecule has 2 N–H and O–H groups in total. The van der Waals surface area contributed by atoms with E-state index in [2.05, 4.69) is 10.0 Å². The average Bonchev–Trinajstić information content (AvgIpc) is 3.06. The second-order valence-electron chi connectivity index (χ2n) is 5.32. The molecule has 0 aromatic heterocycles. The van der Waals surface area contributed by atoms with E-state index in [4.69, 9.17) is 11.6 Å². The van der Waals surface area contributed by atoms with Crippen molar-refractivity contribution in [2.75, 3.05) is 6.54 Å². The monoisotopic (exact) mass is 320 g/mol. The highest BCUT2D eigenvalue weighted by atomic mass is 35.5. The van der Waals surface area contributed by atoms with Crippen molar-refractivity contribution < 1.29 is 12.8 Å². The van der Waals surface area contributed by atoms with Gasteiger partial charge in [-0.2, -0.15) is 0 Å². The zero-order valence-corrected chi connectivity index (χ0v) is 13.0. The number of hydrogen-bond donors (Lipinski definition) is 2. The van der Waals surface area contributed by atoms with Crippen LogP contribution in [0.2, 0.25) is 5.02 Å². The molecular weight excluding hydrogens is 303 g/mol. The summed E-state index contributed by atoms with van der Waals surface area (Å²) in [4.78, 5) is -0.383. The van der Waals surface area contributed by atoms with Crippen LogP contribution >= 0.6 is 11.6 Å². The highest BCUT2D eigenvalue weighted by Gasteiger charge is 2.42. The number of hydrogen-bond acceptors (Lipinski definition) is 3. The van der Waals surface area contributed by atoms with E-state index in [1.54, 1.807) is 6.92 Å². The summed E-state index contributed by atoms with van der Waals surface area (Å²) in [6.07, 6.45) is 1.53. The summed E-state index contributed by atoms with van der Waals surface area (Å²) in [7, 11) is -3.89. The molecule has 0 atom stereocenters. The van der Waals surface area contributed by atoms with Crippen molar-refractivity contribution >= 4 is 21.6 Å². The minimum Gasteiger partial charge on any atom is -0.313 e. The molecule has 1 saturated carbocycles. The maximum Gasteiger partial charge on any atom is 0.244 e. The fraction of sp³-hybridized carbons (Fsp3) is 0.538. The first kappa shape index (κ1) is 15.7. The summed E-state index contributed by atoms with van der Waals surface area (Å²) in [5.74, 6) is -0.743. The Labute approximate surface area is 123 Å². The standard InChI is InChI=1S/C13H18ClFN2O2S/c1-3-16-8-9-6-10(14)7-11(12(9)15)20(18,19)17-13(2)4-5-13/h6-7,16-17H,3-5,8H2,1-2H3. The van der Waals surface area contributed by atoms with Gasteiger partial charge in [0, 0.05) is 22.7 Å². The van der Waals surface area contributed by atoms with Gasteiger partial charge < -0.3 is 5.32 Å². The molecule has 1 aliphatic rings. The van der Waals surface area contributed by atoms with Gasteiger partial charge in [0.25, 0.3) is 0 Å². The first-order chi connectivity index (χ1) is 9.27. The fourth-order valence-corrected chi connectivity index (χ4v) is 3.79. The Morgan fingerprint density at radius 3 is 2.60 bits per heavy atom. The second kappa shape index (κ2) is 5.60. The van der Waals surface area contributed by atoms with Gasteiger partial charge in [0.15, 0.2) is 0 Å². The van der Waals surface area contributed by atoms with E-state index in [0.717, 1.165) is 18.9 Å². The highest BCUT2D eigenvalue weighted by Crippen LogP contribution is 2.36. The van der Waals surface area contributed by atoms with E-state index in [-0.39, 0.29) is 22.0 Å². The molecule has 0 saturated heterocycles. The van der Waals surface area contributed by atoms with Gasteiger partial charge >= 0.3 is 0 Å². The van der Waals surface area contributed by atoms with Gasteiger partial charge in [-0.15, -0.1) is 0 Å². The van der Waals surface area contributed by atoms with E-state index in [0.29, 0.717) is 6.54 Å². The second-order valence-corrected chi connectivity index (χ2v) is 7.41. The predicted molar refractivity (Wildman–Crippen MR) is 76.8 cm³/mol. The SMILES string of the molecule is CCNCc1cc(Cl)cc(S(=O)(=O)NC2(C)CC2)c1F. The van der Waals surface area contributed by atoms with Crippen molar-refractivity contribution in [3.05, 3.63) is 28.5 Å². The molecule has 1 aromatic carbocycles. The van der Waals surface area contributed by atoms with Crippen molar-refractivity contribution in [1.29, 1.82) is 0 Å². The molecule has 1 fully saturated rings. The van der Waals surface area contributed by atoms with Gasteiger partial charge in [-0.3, -0.25) is 0 Å². The van der Waals surface area contributed by atoms with Crippen molar-refractivity contribution in [3.8, 4) is 0 Å². The molecule has 1 aromatic rings. The van der Waals surface area contributed by atoms with Crippen LogP contribution in [-0.2, 0) is 16.6 Å². The lowest BCUT2D eigenvalue weighted by Gasteiger charge is -2.15. The molecule has 4 nitrogen and oxygen atoms in total. The normalized spacial score (nSPS) is 17.2. The maximum absolute atomic E-state index is 14.3. The van der Waals surface area contributed by atoms with Crippen LogP contribution in [0.25, 0.3) is 0 Å². The van der Waals surface area contributed by atoms with E-state index in [1.807, 2.05) is 6.92 Å². The smallest absolute Gasteiger partial charge is 0.244 e. The van der Waals surface area contributed by atoms with Gasteiger partial charge in [0.1, 0.15) is 10.7 Å². The van der Waals surface area contributed by atoms with Crippen LogP contribution < -0.4 is 10.0 Å². The Morgan fingerprint density at radius 1 is 1.40 bits per heavy atom. The van der Waals surface area contributed by atoms with Gasteiger partial charge in [-0.25, -0.2) is 17.5 Å². The molecule has 0 heterocycles. The van der Waals surface area contributed by atoms with Crippen LogP contribution in [0.15, 0.2) is 17.0 Å². The quantitative estimate of drug-likeness (QED) is 0.846. The molecule has 1 aliphatic carbocycles. The van der Waals surface area contributed by atoms with Crippen LogP contribution in [0, 0.1) is 5.82 Å². The number of halogens is 2. The summed E-state index contributed by atoms with van der Waals surface area (Å²) in [6, 6.07) is 2.60. The zero-order valence-electron chi connectivity index (χ0n) is 11.5. The molecule has 0 spiro atoms. The molecule has 0 radical (unpaired) electrons. The van der Waals surface area contributed by atoms with Crippen LogP contribution in [-0.4, -0.2) is 20.5 Å². The third kappa shape index (κ3) is 3.49. The summed E-state index contributed by atoms with van der Waals surface area (Å²) < 4.78 is 41.4. The van der Waals surface area contributed by atoms with Gasteiger partial charge in [-0.1, -0.05) is 18.5 Å². The number of nitrogens with one attached hydrogen (secondary N) is 2. The van der Waals surface area contributed by atoms with E-state index in [9.17, 15) is 12.8 Å². The van der Waals surface area contributed by atoms with Crippen molar-refractivity contribution in [2.24, 2.45) is 0 Å². The molecular formula is C13H18ClFN2O2S. The Balaban J connectivity index is 2.37. The van der Waals surface area contributed by atoms with Crippen LogP contribution in [0.5, 0.6) is 0 Å². The molecule has 0 aliphatic heterocycles. The number of rotatable bonds is 6. The van der Waals surface area contributed by atoms with E-state index in [1.165, 1.54) is 6.07 Å². The summed E-state index contributed by atoms with van der Waals surface area (Å²) in [5, 5.41) is 3.17. The Hall–Kier alpha value is -0.690. The lowest BCUT2D eigenvalue weighted by atomic mass is 10.2. The molecule has 2 rings (SSSR count). The highest BCUT2D eigenvalue weighted by molar-refractivity contribution is 7.89. The predicted octanol–water partition coefficient (Wildman–Crippen LogP) is 2.42. The van der Waals surface area contributed by atoms with Crippen LogP contribution in [0.4, 0.5) is 4.39 Å². The van der Waals surface area contributed by atoms with Gasteiger partial charge in [0.05, 0.1) is 0 Å². The summed E-state index contributed by atoms with van der Waals surface area (Å²) >= 11 is 5.91. The minimum atomic E-state index is -3.89. The lowest BCUT2D eigenvalue weighted by Crippen LogP contribution is -2.35. The average molecular weight is 321 g/mol. The summed E-state index contributed by atoms with van der Waals surface area (Å²) in [6.45, 7) is 4.58. The molecule has 0 unspecified atom stereocenters. The van der Waals surface area contributed by atoms with Gasteiger partial charge in [0.2, 0.25) is 10.0 Å². The number of sulfonamides is 1. The van der Waals surface area contributed by atoms with Crippen molar-refractivity contribution in [1.82, 2.24) is 10.0 Å². The largest absolute Gasteiger partial charge is 0.313 e. The van der Waals surface area contributed by atoms with Crippen molar-refractivity contribution in [2.45, 2.75) is 43.7 Å². The third-order valence-electron chi connectivity index (χ3n) is 3.32. The lowest BCUT2D eigenvalue weighted by molar-refractivity contribution is 0.532. The molecule has 0 amide bonds. The van der Waals surface area contributed by atoms with Crippen LogP contribution in [0.3, 0.4) is 0 Å². The molecule has 0 bridgehead atoms. The Morgan fingerprint density at radius 2 is 2.05 bits per heavy atom. The van der Waals surface area contributed by atoms with Gasteiger partial charge in [-0.05, 0) is 38.4 Å². The minimum absolute atomic E-state index is 0.209.